The fourth-order valence-corrected chi connectivity index (χ4v) is 1.69. The molecule has 19 heavy (non-hydrogen) atoms. The van der Waals surface area contributed by atoms with Crippen LogP contribution in [0.3, 0.4) is 0 Å². The lowest BCUT2D eigenvalue weighted by atomic mass is 10.1. The molecular weight excluding hydrogens is 248 g/mol. The summed E-state index contributed by atoms with van der Waals surface area (Å²) >= 11 is 0. The minimum Gasteiger partial charge on any atom is -0.486 e. The van der Waals surface area contributed by atoms with Gasteiger partial charge < -0.3 is 10.5 Å². The number of halogens is 2. The Bertz CT molecular complexity index is 570. The van der Waals surface area contributed by atoms with Crippen molar-refractivity contribution >= 4 is 0 Å². The minimum absolute atomic E-state index is 0.0128. The first-order chi connectivity index (χ1) is 9.08. The van der Waals surface area contributed by atoms with Crippen LogP contribution in [0.5, 0.6) is 5.75 Å². The molecule has 2 aromatic carbocycles. The van der Waals surface area contributed by atoms with Gasteiger partial charge in [0.05, 0.1) is 0 Å². The number of nitrogens with two attached hydrogens (primary N) is 1. The van der Waals surface area contributed by atoms with Crippen molar-refractivity contribution in [3.8, 4) is 5.75 Å². The molecule has 0 aliphatic rings. The maximum atomic E-state index is 13.7. The molecule has 0 radical (unpaired) electrons. The Balaban J connectivity index is 2.10. The van der Waals surface area contributed by atoms with Crippen LogP contribution in [0.1, 0.15) is 24.1 Å². The highest BCUT2D eigenvalue weighted by molar-refractivity contribution is 5.31. The van der Waals surface area contributed by atoms with Crippen molar-refractivity contribution in [3.63, 3.8) is 0 Å². The Hall–Kier alpha value is -1.94. The molecule has 0 heterocycles. The Kier molecular flexibility index (Phi) is 4.12. The van der Waals surface area contributed by atoms with Crippen LogP contribution in [0.2, 0.25) is 0 Å². The van der Waals surface area contributed by atoms with Gasteiger partial charge in [0, 0.05) is 11.6 Å². The largest absolute Gasteiger partial charge is 0.486 e. The topological polar surface area (TPSA) is 35.2 Å². The zero-order valence-corrected chi connectivity index (χ0v) is 10.6. The third-order valence-electron chi connectivity index (χ3n) is 2.82. The second-order valence-corrected chi connectivity index (χ2v) is 4.36. The number of hydrogen-bond donors (Lipinski definition) is 1. The van der Waals surface area contributed by atoms with Gasteiger partial charge in [-0.25, -0.2) is 8.78 Å². The third kappa shape index (κ3) is 3.29. The molecule has 0 spiro atoms. The van der Waals surface area contributed by atoms with Gasteiger partial charge in [-0.1, -0.05) is 24.3 Å². The highest BCUT2D eigenvalue weighted by Crippen LogP contribution is 2.22. The third-order valence-corrected chi connectivity index (χ3v) is 2.82. The zero-order chi connectivity index (χ0) is 13.8. The molecule has 0 aromatic heterocycles. The van der Waals surface area contributed by atoms with Gasteiger partial charge in [-0.15, -0.1) is 0 Å². The van der Waals surface area contributed by atoms with Crippen molar-refractivity contribution in [1.29, 1.82) is 0 Å². The van der Waals surface area contributed by atoms with Crippen LogP contribution < -0.4 is 10.5 Å². The van der Waals surface area contributed by atoms with Crippen molar-refractivity contribution in [2.24, 2.45) is 5.73 Å². The molecule has 2 rings (SSSR count). The van der Waals surface area contributed by atoms with E-state index in [4.69, 9.17) is 10.5 Å². The molecule has 0 unspecified atom stereocenters. The summed E-state index contributed by atoms with van der Waals surface area (Å²) in [4.78, 5) is 0. The number of hydrogen-bond acceptors (Lipinski definition) is 2. The van der Waals surface area contributed by atoms with Crippen LogP contribution in [-0.2, 0) is 6.61 Å². The molecule has 0 saturated heterocycles. The van der Waals surface area contributed by atoms with Crippen LogP contribution in [0, 0.1) is 11.6 Å². The maximum Gasteiger partial charge on any atom is 0.165 e. The molecular formula is C15H15F2NO. The minimum atomic E-state index is -0.494. The lowest BCUT2D eigenvalue weighted by Crippen LogP contribution is -2.06. The molecule has 2 nitrogen and oxygen atoms in total. The van der Waals surface area contributed by atoms with Crippen LogP contribution in [0.25, 0.3) is 0 Å². The SMILES string of the molecule is C[C@H](N)c1ccc(OCc2ccccc2F)c(F)c1. The van der Waals surface area contributed by atoms with E-state index >= 15 is 0 Å². The van der Waals surface area contributed by atoms with E-state index in [2.05, 4.69) is 0 Å². The Labute approximate surface area is 110 Å². The highest BCUT2D eigenvalue weighted by atomic mass is 19.1. The Morgan fingerprint density at radius 2 is 1.84 bits per heavy atom. The first-order valence-corrected chi connectivity index (χ1v) is 5.99. The standard InChI is InChI=1S/C15H15F2NO/c1-10(18)11-6-7-15(14(17)8-11)19-9-12-4-2-3-5-13(12)16/h2-8,10H,9,18H2,1H3/t10-/m0/s1. The van der Waals surface area contributed by atoms with Crippen LogP contribution in [0.4, 0.5) is 8.78 Å². The van der Waals surface area contributed by atoms with E-state index in [1.54, 1.807) is 31.2 Å². The van der Waals surface area contributed by atoms with E-state index in [0.29, 0.717) is 11.1 Å². The highest BCUT2D eigenvalue weighted by Gasteiger charge is 2.08. The molecule has 0 fully saturated rings. The van der Waals surface area contributed by atoms with Crippen LogP contribution >= 0.6 is 0 Å². The fourth-order valence-electron chi connectivity index (χ4n) is 1.69. The number of ether oxygens (including phenoxy) is 1. The number of benzene rings is 2. The van der Waals surface area contributed by atoms with Gasteiger partial charge in [-0.3, -0.25) is 0 Å². The van der Waals surface area contributed by atoms with E-state index in [0.717, 1.165) is 0 Å². The normalized spacial score (nSPS) is 12.2. The van der Waals surface area contributed by atoms with Gasteiger partial charge in [0.2, 0.25) is 0 Å². The number of rotatable bonds is 4. The van der Waals surface area contributed by atoms with E-state index < -0.39 is 5.82 Å². The van der Waals surface area contributed by atoms with Gasteiger partial charge in [0.15, 0.2) is 11.6 Å². The predicted octanol–water partition coefficient (Wildman–Crippen LogP) is 3.56. The molecule has 0 bridgehead atoms. The summed E-state index contributed by atoms with van der Waals surface area (Å²) in [5.74, 6) is -0.770. The first-order valence-electron chi connectivity index (χ1n) is 5.99. The summed E-state index contributed by atoms with van der Waals surface area (Å²) in [6.45, 7) is 1.76. The lowest BCUT2D eigenvalue weighted by Gasteiger charge is -2.10. The Morgan fingerprint density at radius 1 is 1.11 bits per heavy atom. The van der Waals surface area contributed by atoms with Crippen molar-refractivity contribution in [2.45, 2.75) is 19.6 Å². The van der Waals surface area contributed by atoms with Crippen molar-refractivity contribution in [2.75, 3.05) is 0 Å². The van der Waals surface area contributed by atoms with Crippen LogP contribution in [-0.4, -0.2) is 0 Å². The molecule has 1 atom stereocenters. The fraction of sp³-hybridized carbons (Fsp3) is 0.200. The van der Waals surface area contributed by atoms with E-state index in [1.807, 2.05) is 0 Å². The Morgan fingerprint density at radius 3 is 2.47 bits per heavy atom. The summed E-state index contributed by atoms with van der Waals surface area (Å²) < 4.78 is 32.4. The van der Waals surface area contributed by atoms with Crippen molar-refractivity contribution in [1.82, 2.24) is 0 Å². The predicted molar refractivity (Wildman–Crippen MR) is 69.7 cm³/mol. The summed E-state index contributed by atoms with van der Waals surface area (Å²) in [5, 5.41) is 0. The van der Waals surface area contributed by atoms with Gasteiger partial charge in [0.1, 0.15) is 12.4 Å². The summed E-state index contributed by atoms with van der Waals surface area (Å²) in [6, 6.07) is 10.5. The van der Waals surface area contributed by atoms with Gasteiger partial charge in [-0.2, -0.15) is 0 Å². The molecule has 0 aliphatic carbocycles. The average Bonchev–Trinajstić information content (AvgIpc) is 2.39. The second-order valence-electron chi connectivity index (χ2n) is 4.36. The summed E-state index contributed by atoms with van der Waals surface area (Å²) in [6.07, 6.45) is 0. The first kappa shape index (κ1) is 13.5. The molecule has 0 aliphatic heterocycles. The molecule has 0 amide bonds. The summed E-state index contributed by atoms with van der Waals surface area (Å²) in [5.41, 5.74) is 6.74. The van der Waals surface area contributed by atoms with E-state index in [1.165, 1.54) is 18.2 Å². The summed E-state index contributed by atoms with van der Waals surface area (Å²) in [7, 11) is 0. The second kappa shape index (κ2) is 5.80. The van der Waals surface area contributed by atoms with Crippen molar-refractivity contribution in [3.05, 3.63) is 65.2 Å². The monoisotopic (exact) mass is 263 g/mol. The molecule has 2 N–H and O–H groups in total. The molecule has 2 aromatic rings. The van der Waals surface area contributed by atoms with E-state index in [9.17, 15) is 8.78 Å². The maximum absolute atomic E-state index is 13.7. The molecule has 100 valence electrons. The smallest absolute Gasteiger partial charge is 0.165 e. The van der Waals surface area contributed by atoms with Crippen molar-refractivity contribution < 1.29 is 13.5 Å². The average molecular weight is 263 g/mol. The molecule has 4 heteroatoms. The zero-order valence-electron chi connectivity index (χ0n) is 10.6. The quantitative estimate of drug-likeness (QED) is 0.915. The molecule has 0 saturated carbocycles. The van der Waals surface area contributed by atoms with Crippen LogP contribution in [0.15, 0.2) is 42.5 Å². The van der Waals surface area contributed by atoms with E-state index in [-0.39, 0.29) is 24.2 Å². The van der Waals surface area contributed by atoms with Gasteiger partial charge in [-0.05, 0) is 30.7 Å². The lowest BCUT2D eigenvalue weighted by molar-refractivity contribution is 0.284. The van der Waals surface area contributed by atoms with Gasteiger partial charge in [0.25, 0.3) is 0 Å². The van der Waals surface area contributed by atoms with Gasteiger partial charge >= 0.3 is 0 Å².